The van der Waals surface area contributed by atoms with E-state index in [0.717, 1.165) is 21.1 Å². The number of benzene rings is 2. The highest BCUT2D eigenvalue weighted by Gasteiger charge is 2.16. The Bertz CT molecular complexity index is 679. The molecule has 0 aliphatic heterocycles. The van der Waals surface area contributed by atoms with E-state index in [1.165, 1.54) is 0 Å². The Labute approximate surface area is 113 Å². The number of halogens is 1. The molecule has 0 aliphatic rings. The van der Waals surface area contributed by atoms with Crippen LogP contribution < -0.4 is 5.73 Å². The number of fused-ring (bicyclic) bond motifs is 1. The van der Waals surface area contributed by atoms with Crippen LogP contribution >= 0.6 is 15.9 Å². The maximum atomic E-state index is 6.16. The van der Waals surface area contributed by atoms with E-state index in [2.05, 4.69) is 20.9 Å². The molecular weight excluding hydrogens is 292 g/mol. The summed E-state index contributed by atoms with van der Waals surface area (Å²) in [5.74, 6) is 0.531. The molecule has 0 bridgehead atoms. The summed E-state index contributed by atoms with van der Waals surface area (Å²) in [6.45, 7) is 0. The van der Waals surface area contributed by atoms with Crippen molar-refractivity contribution < 1.29 is 4.42 Å². The molecule has 18 heavy (non-hydrogen) atoms. The lowest BCUT2D eigenvalue weighted by Gasteiger charge is -2.06. The van der Waals surface area contributed by atoms with Crippen LogP contribution in [0.15, 0.2) is 57.4 Å². The third-order valence-corrected chi connectivity index (χ3v) is 3.43. The van der Waals surface area contributed by atoms with Gasteiger partial charge in [-0.05, 0) is 33.6 Å². The van der Waals surface area contributed by atoms with Gasteiger partial charge in [0.25, 0.3) is 0 Å². The summed E-state index contributed by atoms with van der Waals surface area (Å²) in [6.07, 6.45) is 0. The van der Waals surface area contributed by atoms with Gasteiger partial charge < -0.3 is 10.2 Å². The van der Waals surface area contributed by atoms with Gasteiger partial charge >= 0.3 is 0 Å². The van der Waals surface area contributed by atoms with Crippen LogP contribution in [0, 0.1) is 0 Å². The second-order valence-electron chi connectivity index (χ2n) is 4.03. The Morgan fingerprint density at radius 1 is 1.06 bits per heavy atom. The van der Waals surface area contributed by atoms with Crippen molar-refractivity contribution in [2.75, 3.05) is 0 Å². The van der Waals surface area contributed by atoms with E-state index in [-0.39, 0.29) is 6.04 Å². The van der Waals surface area contributed by atoms with Gasteiger partial charge in [-0.2, -0.15) is 0 Å². The number of hydrogen-bond acceptors (Lipinski definition) is 3. The van der Waals surface area contributed by atoms with Crippen LogP contribution in [0.3, 0.4) is 0 Å². The first-order valence-electron chi connectivity index (χ1n) is 5.61. The molecule has 0 amide bonds. The molecule has 0 fully saturated rings. The molecule has 2 N–H and O–H groups in total. The molecule has 1 aromatic heterocycles. The smallest absolute Gasteiger partial charge is 0.217 e. The van der Waals surface area contributed by atoms with Crippen molar-refractivity contribution in [3.63, 3.8) is 0 Å². The molecule has 3 rings (SSSR count). The maximum Gasteiger partial charge on any atom is 0.217 e. The predicted molar refractivity (Wildman–Crippen MR) is 74.2 cm³/mol. The molecule has 90 valence electrons. The number of oxazole rings is 1. The Balaban J connectivity index is 2.07. The number of rotatable bonds is 2. The molecule has 3 aromatic rings. The molecule has 3 nitrogen and oxygen atoms in total. The number of nitrogens with two attached hydrogens (primary N) is 1. The van der Waals surface area contributed by atoms with Gasteiger partial charge in [0.1, 0.15) is 11.6 Å². The minimum Gasteiger partial charge on any atom is -0.437 e. The molecule has 0 spiro atoms. The number of para-hydroxylation sites is 1. The van der Waals surface area contributed by atoms with Gasteiger partial charge in [-0.25, -0.2) is 4.98 Å². The van der Waals surface area contributed by atoms with E-state index in [0.29, 0.717) is 5.89 Å². The Kier molecular flexibility index (Phi) is 2.89. The van der Waals surface area contributed by atoms with Crippen molar-refractivity contribution in [2.24, 2.45) is 5.73 Å². The number of nitrogens with zero attached hydrogens (tertiary/aromatic N) is 1. The lowest BCUT2D eigenvalue weighted by Crippen LogP contribution is -2.11. The summed E-state index contributed by atoms with van der Waals surface area (Å²) in [6, 6.07) is 15.2. The van der Waals surface area contributed by atoms with Crippen molar-refractivity contribution in [1.82, 2.24) is 4.98 Å². The van der Waals surface area contributed by atoms with E-state index in [4.69, 9.17) is 10.2 Å². The molecule has 0 saturated carbocycles. The Morgan fingerprint density at radius 3 is 2.56 bits per heavy atom. The van der Waals surface area contributed by atoms with Crippen molar-refractivity contribution in [3.8, 4) is 0 Å². The van der Waals surface area contributed by atoms with E-state index in [1.807, 2.05) is 48.5 Å². The van der Waals surface area contributed by atoms with Gasteiger partial charge in [0.05, 0.1) is 4.47 Å². The third kappa shape index (κ3) is 1.94. The second-order valence-corrected chi connectivity index (χ2v) is 4.88. The van der Waals surface area contributed by atoms with Crippen LogP contribution in [-0.2, 0) is 0 Å². The van der Waals surface area contributed by atoms with E-state index < -0.39 is 0 Å². The second kappa shape index (κ2) is 4.55. The molecule has 2 aromatic carbocycles. The lowest BCUT2D eigenvalue weighted by molar-refractivity contribution is 0.504. The Morgan fingerprint density at radius 2 is 1.83 bits per heavy atom. The summed E-state index contributed by atoms with van der Waals surface area (Å²) in [5.41, 5.74) is 8.69. The zero-order chi connectivity index (χ0) is 12.5. The third-order valence-electron chi connectivity index (χ3n) is 2.81. The molecule has 0 aliphatic carbocycles. The topological polar surface area (TPSA) is 52.0 Å². The van der Waals surface area contributed by atoms with E-state index in [9.17, 15) is 0 Å². The molecule has 1 atom stereocenters. The summed E-state index contributed by atoms with van der Waals surface area (Å²) in [5, 5.41) is 0. The summed E-state index contributed by atoms with van der Waals surface area (Å²) in [7, 11) is 0. The average Bonchev–Trinajstić information content (AvgIpc) is 2.84. The highest BCUT2D eigenvalue weighted by atomic mass is 79.9. The highest BCUT2D eigenvalue weighted by molar-refractivity contribution is 9.10. The minimum absolute atomic E-state index is 0.342. The molecule has 4 heteroatoms. The molecule has 1 heterocycles. The van der Waals surface area contributed by atoms with Crippen LogP contribution in [0.4, 0.5) is 0 Å². The average molecular weight is 303 g/mol. The highest BCUT2D eigenvalue weighted by Crippen LogP contribution is 2.28. The SMILES string of the molecule is NC(c1ccccc1)c1nc2cccc(Br)c2o1. The predicted octanol–water partition coefficient (Wildman–Crippen LogP) is 3.64. The van der Waals surface area contributed by atoms with Crippen molar-refractivity contribution >= 4 is 27.0 Å². The fourth-order valence-electron chi connectivity index (χ4n) is 1.87. The van der Waals surface area contributed by atoms with Gasteiger partial charge in [0.15, 0.2) is 5.58 Å². The van der Waals surface area contributed by atoms with Crippen molar-refractivity contribution in [1.29, 1.82) is 0 Å². The van der Waals surface area contributed by atoms with Gasteiger partial charge in [-0.3, -0.25) is 0 Å². The normalized spacial score (nSPS) is 12.8. The molecule has 1 unspecified atom stereocenters. The first-order valence-corrected chi connectivity index (χ1v) is 6.40. The monoisotopic (exact) mass is 302 g/mol. The summed E-state index contributed by atoms with van der Waals surface area (Å²) < 4.78 is 6.62. The van der Waals surface area contributed by atoms with Crippen LogP contribution in [0.25, 0.3) is 11.1 Å². The van der Waals surface area contributed by atoms with Gasteiger partial charge in [-0.1, -0.05) is 36.4 Å². The first-order chi connectivity index (χ1) is 8.75. The Hall–Kier alpha value is -1.65. The standard InChI is InChI=1S/C14H11BrN2O/c15-10-7-4-8-11-13(10)18-14(17-11)12(16)9-5-2-1-3-6-9/h1-8,12H,16H2. The van der Waals surface area contributed by atoms with Crippen LogP contribution in [0.1, 0.15) is 17.5 Å². The fourth-order valence-corrected chi connectivity index (χ4v) is 2.31. The molecule has 0 saturated heterocycles. The van der Waals surface area contributed by atoms with Gasteiger partial charge in [0, 0.05) is 0 Å². The zero-order valence-electron chi connectivity index (χ0n) is 9.51. The molecular formula is C14H11BrN2O. The molecule has 0 radical (unpaired) electrons. The zero-order valence-corrected chi connectivity index (χ0v) is 11.1. The fraction of sp³-hybridized carbons (Fsp3) is 0.0714. The summed E-state index contributed by atoms with van der Waals surface area (Å²) >= 11 is 3.44. The van der Waals surface area contributed by atoms with Gasteiger partial charge in [0.2, 0.25) is 5.89 Å². The van der Waals surface area contributed by atoms with Crippen molar-refractivity contribution in [3.05, 3.63) is 64.5 Å². The van der Waals surface area contributed by atoms with E-state index >= 15 is 0 Å². The van der Waals surface area contributed by atoms with Crippen LogP contribution in [0.5, 0.6) is 0 Å². The largest absolute Gasteiger partial charge is 0.437 e. The van der Waals surface area contributed by atoms with Gasteiger partial charge in [-0.15, -0.1) is 0 Å². The summed E-state index contributed by atoms with van der Waals surface area (Å²) in [4.78, 5) is 4.43. The minimum atomic E-state index is -0.342. The number of hydrogen-bond donors (Lipinski definition) is 1. The first kappa shape index (κ1) is 11.4. The quantitative estimate of drug-likeness (QED) is 0.786. The maximum absolute atomic E-state index is 6.16. The van der Waals surface area contributed by atoms with Crippen LogP contribution in [-0.4, -0.2) is 4.98 Å². The number of aromatic nitrogens is 1. The van der Waals surface area contributed by atoms with E-state index in [1.54, 1.807) is 0 Å². The lowest BCUT2D eigenvalue weighted by atomic mass is 10.1. The van der Waals surface area contributed by atoms with Crippen molar-refractivity contribution in [2.45, 2.75) is 6.04 Å². The van der Waals surface area contributed by atoms with Crippen LogP contribution in [0.2, 0.25) is 0 Å².